The molecule has 0 bridgehead atoms. The second kappa shape index (κ2) is 9.88. The molecule has 5 nitrogen and oxygen atoms in total. The molecule has 7 heteroatoms. The number of hydrogen-bond acceptors (Lipinski definition) is 4. The Balaban J connectivity index is 2.10. The van der Waals surface area contributed by atoms with Gasteiger partial charge in [-0.1, -0.05) is 51.1 Å². The molecule has 0 aliphatic carbocycles. The van der Waals surface area contributed by atoms with E-state index in [1.165, 1.54) is 10.6 Å². The summed E-state index contributed by atoms with van der Waals surface area (Å²) in [7, 11) is -3.46. The fourth-order valence-electron chi connectivity index (χ4n) is 3.11. The average molecular weight is 449 g/mol. The lowest BCUT2D eigenvalue weighted by atomic mass is 10.1. The van der Waals surface area contributed by atoms with E-state index >= 15 is 0 Å². The van der Waals surface area contributed by atoms with Crippen LogP contribution in [0.5, 0.6) is 0 Å². The SMILES string of the molecule is Cc1cccc(C)c1N(Cc1ccc(C(=O)NCCSC(C)(C)C)cc1)S(C)(=O)=O. The van der Waals surface area contributed by atoms with Crippen LogP contribution in [-0.2, 0) is 16.6 Å². The quantitative estimate of drug-likeness (QED) is 0.603. The first-order valence-electron chi connectivity index (χ1n) is 9.93. The number of hydrogen-bond donors (Lipinski definition) is 1. The molecule has 0 aliphatic rings. The largest absolute Gasteiger partial charge is 0.351 e. The number of carbonyl (C=O) groups excluding carboxylic acids is 1. The summed E-state index contributed by atoms with van der Waals surface area (Å²) < 4.78 is 26.6. The third-order valence-corrected chi connectivity index (χ3v) is 6.94. The molecule has 2 aromatic carbocycles. The van der Waals surface area contributed by atoms with E-state index in [4.69, 9.17) is 0 Å². The van der Waals surface area contributed by atoms with Crippen molar-refractivity contribution in [3.63, 3.8) is 0 Å². The van der Waals surface area contributed by atoms with E-state index in [-0.39, 0.29) is 17.2 Å². The number of rotatable bonds is 8. The van der Waals surface area contributed by atoms with Gasteiger partial charge in [0.25, 0.3) is 5.91 Å². The Kier molecular flexibility index (Phi) is 7.99. The minimum Gasteiger partial charge on any atom is -0.351 e. The summed E-state index contributed by atoms with van der Waals surface area (Å²) in [4.78, 5) is 12.3. The van der Waals surface area contributed by atoms with Gasteiger partial charge in [0.2, 0.25) is 10.0 Å². The number of amides is 1. The van der Waals surface area contributed by atoms with Crippen molar-refractivity contribution >= 4 is 33.4 Å². The first kappa shape index (κ1) is 24.3. The van der Waals surface area contributed by atoms with Gasteiger partial charge in [-0.2, -0.15) is 11.8 Å². The van der Waals surface area contributed by atoms with E-state index in [0.29, 0.717) is 17.8 Å². The number of sulfonamides is 1. The lowest BCUT2D eigenvalue weighted by Crippen LogP contribution is -2.30. The van der Waals surface area contributed by atoms with Crippen molar-refractivity contribution in [2.45, 2.75) is 45.9 Å². The van der Waals surface area contributed by atoms with Crippen LogP contribution in [0, 0.1) is 13.8 Å². The third kappa shape index (κ3) is 7.06. The standard InChI is InChI=1S/C23H32N2O3S2/c1-17-8-7-9-18(2)21(17)25(30(6,27)28)16-19-10-12-20(13-11-19)22(26)24-14-15-29-23(3,4)5/h7-13H,14-16H2,1-6H3,(H,24,26). The number of anilines is 1. The lowest BCUT2D eigenvalue weighted by Gasteiger charge is -2.26. The molecule has 0 aromatic heterocycles. The van der Waals surface area contributed by atoms with E-state index < -0.39 is 10.0 Å². The van der Waals surface area contributed by atoms with Crippen molar-refractivity contribution in [1.29, 1.82) is 0 Å². The number of nitrogens with zero attached hydrogens (tertiary/aromatic N) is 1. The van der Waals surface area contributed by atoms with Crippen molar-refractivity contribution in [3.05, 3.63) is 64.7 Å². The zero-order valence-electron chi connectivity index (χ0n) is 18.7. The van der Waals surface area contributed by atoms with Gasteiger partial charge >= 0.3 is 0 Å². The molecule has 2 aromatic rings. The normalized spacial score (nSPS) is 11.9. The van der Waals surface area contributed by atoms with Crippen molar-refractivity contribution in [2.75, 3.05) is 22.9 Å². The van der Waals surface area contributed by atoms with Crippen LogP contribution in [0.3, 0.4) is 0 Å². The molecule has 2 rings (SSSR count). The highest BCUT2D eigenvalue weighted by molar-refractivity contribution is 8.00. The maximum absolute atomic E-state index is 12.5. The van der Waals surface area contributed by atoms with E-state index in [9.17, 15) is 13.2 Å². The highest BCUT2D eigenvalue weighted by Crippen LogP contribution is 2.28. The number of aryl methyl sites for hydroxylation is 2. The second-order valence-corrected chi connectivity index (χ2v) is 12.3. The summed E-state index contributed by atoms with van der Waals surface area (Å²) in [6.07, 6.45) is 1.22. The van der Waals surface area contributed by atoms with Crippen molar-refractivity contribution in [3.8, 4) is 0 Å². The number of carbonyl (C=O) groups is 1. The summed E-state index contributed by atoms with van der Waals surface area (Å²) in [5, 5.41) is 2.93. The molecule has 0 atom stereocenters. The van der Waals surface area contributed by atoms with Gasteiger partial charge < -0.3 is 5.32 Å². The first-order chi connectivity index (χ1) is 13.9. The maximum atomic E-state index is 12.5. The van der Waals surface area contributed by atoms with Gasteiger partial charge in [-0.15, -0.1) is 0 Å². The molecule has 0 unspecified atom stereocenters. The van der Waals surface area contributed by atoms with Gasteiger partial charge in [0.05, 0.1) is 18.5 Å². The number of thioether (sulfide) groups is 1. The molecule has 1 amide bonds. The highest BCUT2D eigenvalue weighted by atomic mass is 32.2. The number of nitrogens with one attached hydrogen (secondary N) is 1. The van der Waals surface area contributed by atoms with Crippen molar-refractivity contribution in [1.82, 2.24) is 5.32 Å². The van der Waals surface area contributed by atoms with E-state index in [2.05, 4.69) is 26.1 Å². The topological polar surface area (TPSA) is 66.5 Å². The molecule has 0 heterocycles. The smallest absolute Gasteiger partial charge is 0.251 e. The van der Waals surface area contributed by atoms with Gasteiger partial charge in [0, 0.05) is 22.6 Å². The van der Waals surface area contributed by atoms with Crippen LogP contribution >= 0.6 is 11.8 Å². The van der Waals surface area contributed by atoms with E-state index in [1.807, 2.05) is 44.2 Å². The summed E-state index contributed by atoms with van der Waals surface area (Å²) in [6.45, 7) is 11.1. The molecular formula is C23H32N2O3S2. The zero-order chi connectivity index (χ0) is 22.5. The van der Waals surface area contributed by atoms with Gasteiger partial charge in [-0.3, -0.25) is 9.10 Å². The summed E-state index contributed by atoms with van der Waals surface area (Å²) in [6, 6.07) is 12.8. The van der Waals surface area contributed by atoms with Gasteiger partial charge in [-0.25, -0.2) is 8.42 Å². The Labute approximate surface area is 185 Å². The molecule has 0 fully saturated rings. The minimum atomic E-state index is -3.46. The predicted molar refractivity (Wildman–Crippen MR) is 128 cm³/mol. The Morgan fingerprint density at radius 2 is 1.60 bits per heavy atom. The summed E-state index contributed by atoms with van der Waals surface area (Å²) in [5.41, 5.74) is 3.91. The summed E-state index contributed by atoms with van der Waals surface area (Å²) >= 11 is 1.81. The average Bonchev–Trinajstić information content (AvgIpc) is 2.63. The van der Waals surface area contributed by atoms with Gasteiger partial charge in [0.15, 0.2) is 0 Å². The molecule has 164 valence electrons. The Morgan fingerprint density at radius 3 is 2.10 bits per heavy atom. The summed E-state index contributed by atoms with van der Waals surface area (Å²) in [5.74, 6) is 0.734. The molecule has 0 spiro atoms. The fourth-order valence-corrected chi connectivity index (χ4v) is 4.93. The molecular weight excluding hydrogens is 416 g/mol. The molecule has 0 aliphatic heterocycles. The van der Waals surface area contributed by atoms with Gasteiger partial charge in [0.1, 0.15) is 0 Å². The molecule has 0 saturated heterocycles. The van der Waals surface area contributed by atoms with E-state index in [0.717, 1.165) is 22.4 Å². The third-order valence-electron chi connectivity index (χ3n) is 4.55. The van der Waals surface area contributed by atoms with Gasteiger partial charge in [-0.05, 0) is 42.7 Å². The van der Waals surface area contributed by atoms with Crippen LogP contribution in [0.2, 0.25) is 0 Å². The molecule has 0 radical (unpaired) electrons. The van der Waals surface area contributed by atoms with Crippen LogP contribution in [-0.4, -0.2) is 37.6 Å². The zero-order valence-corrected chi connectivity index (χ0v) is 20.3. The Morgan fingerprint density at radius 1 is 1.03 bits per heavy atom. The van der Waals surface area contributed by atoms with Crippen LogP contribution in [0.15, 0.2) is 42.5 Å². The second-order valence-electron chi connectivity index (χ2n) is 8.42. The van der Waals surface area contributed by atoms with Crippen molar-refractivity contribution in [2.24, 2.45) is 0 Å². The van der Waals surface area contributed by atoms with Crippen molar-refractivity contribution < 1.29 is 13.2 Å². The maximum Gasteiger partial charge on any atom is 0.251 e. The fraction of sp³-hybridized carbons (Fsp3) is 0.435. The predicted octanol–water partition coefficient (Wildman–Crippen LogP) is 4.53. The first-order valence-corrected chi connectivity index (χ1v) is 12.8. The highest BCUT2D eigenvalue weighted by Gasteiger charge is 2.21. The Hall–Kier alpha value is -1.99. The minimum absolute atomic E-state index is 0.120. The number of benzene rings is 2. The molecule has 1 N–H and O–H groups in total. The van der Waals surface area contributed by atoms with Crippen LogP contribution in [0.1, 0.15) is 47.8 Å². The monoisotopic (exact) mass is 448 g/mol. The van der Waals surface area contributed by atoms with E-state index in [1.54, 1.807) is 23.9 Å². The van der Waals surface area contributed by atoms with Crippen LogP contribution in [0.25, 0.3) is 0 Å². The van der Waals surface area contributed by atoms with Crippen LogP contribution < -0.4 is 9.62 Å². The molecule has 30 heavy (non-hydrogen) atoms. The number of para-hydroxylation sites is 1. The van der Waals surface area contributed by atoms with Crippen LogP contribution in [0.4, 0.5) is 5.69 Å². The Bertz CT molecular complexity index is 958. The lowest BCUT2D eigenvalue weighted by molar-refractivity contribution is 0.0956. The molecule has 0 saturated carbocycles.